The molecule has 5 atom stereocenters. The third kappa shape index (κ3) is 7.58. The Morgan fingerprint density at radius 3 is 2.65 bits per heavy atom. The second-order valence-electron chi connectivity index (χ2n) is 15.4. The van der Waals surface area contributed by atoms with Crippen LogP contribution in [0, 0.1) is 5.92 Å². The molecule has 282 valence electrons. The number of likely N-dealkylation sites (tertiary alicyclic amines) is 1. The molecule has 54 heavy (non-hydrogen) atoms. The van der Waals surface area contributed by atoms with E-state index in [0.717, 1.165) is 95.2 Å². The van der Waals surface area contributed by atoms with Crippen LogP contribution in [0.15, 0.2) is 90.8 Å². The van der Waals surface area contributed by atoms with Crippen molar-refractivity contribution in [3.05, 3.63) is 119 Å². The minimum Gasteiger partial charge on any atom is -0.504 e. The van der Waals surface area contributed by atoms with Crippen LogP contribution in [0.1, 0.15) is 85.6 Å². The first-order valence-electron chi connectivity index (χ1n) is 19.7. The predicted molar refractivity (Wildman–Crippen MR) is 213 cm³/mol. The molecule has 1 saturated heterocycles. The molecule has 1 unspecified atom stereocenters. The summed E-state index contributed by atoms with van der Waals surface area (Å²) in [6.07, 6.45) is 17.9. The summed E-state index contributed by atoms with van der Waals surface area (Å²) in [6, 6.07) is 18.3. The summed E-state index contributed by atoms with van der Waals surface area (Å²) in [7, 11) is 0. The van der Waals surface area contributed by atoms with Crippen molar-refractivity contribution < 1.29 is 24.5 Å². The lowest BCUT2D eigenvalue weighted by Crippen LogP contribution is -2.42. The molecule has 4 aromatic rings. The SMILES string of the molecule is CCCCC[C@H]1C[C@H](O)[C@H]2C=Cc3c(ccc(O)c3OCc3cc([C@H](CC(=O)N4CCC4)c4ccccc4)cc4cn(cc34)C3=C(C=CC(N)N3)CO1)C2. The van der Waals surface area contributed by atoms with Crippen molar-refractivity contribution in [2.45, 2.75) is 89.2 Å². The van der Waals surface area contributed by atoms with Crippen LogP contribution in [0.4, 0.5) is 0 Å². The van der Waals surface area contributed by atoms with Crippen LogP contribution in [0.2, 0.25) is 0 Å². The van der Waals surface area contributed by atoms with Gasteiger partial charge in [-0.15, -0.1) is 0 Å². The van der Waals surface area contributed by atoms with E-state index in [9.17, 15) is 15.0 Å². The van der Waals surface area contributed by atoms with E-state index in [1.807, 2.05) is 47.4 Å². The number of phenolic OH excluding ortho intramolecular Hbond substituents is 1. The number of carbonyl (C=O) groups is 1. The molecule has 1 aromatic heterocycles. The molecule has 9 heteroatoms. The van der Waals surface area contributed by atoms with E-state index in [1.165, 1.54) is 0 Å². The molecule has 9 rings (SSSR count). The first kappa shape index (κ1) is 36.2. The number of hydrogen-bond acceptors (Lipinski definition) is 7. The molecular weight excluding hydrogens is 677 g/mol. The van der Waals surface area contributed by atoms with Gasteiger partial charge in [0.2, 0.25) is 5.91 Å². The highest BCUT2D eigenvalue weighted by atomic mass is 16.5. The number of ether oxygens (including phenoxy) is 2. The molecule has 5 heterocycles. The summed E-state index contributed by atoms with van der Waals surface area (Å²) >= 11 is 0. The standard InChI is InChI=1S/C45H52N4O5/c1-2-3-5-11-36-23-41(51)31-12-15-37-30(20-31)13-16-40(50)44(37)54-28-35-22-33(38(29-9-6-4-7-10-29)24-43(52)48-18-8-19-48)21-34-25-49(26-39(34)35)45-32(27-53-36)14-17-42(46)47-45/h4,6-7,9-10,12-17,21-22,25-26,31,36,38,41-42,47,50-51H,2-3,5,8,11,18-20,23-24,27-28,46H2,1H3/t31-,36-,38+,41-,42?/m0/s1. The molecule has 0 spiro atoms. The quantitative estimate of drug-likeness (QED) is 0.142. The first-order valence-corrected chi connectivity index (χ1v) is 19.7. The third-order valence-corrected chi connectivity index (χ3v) is 11.6. The van der Waals surface area contributed by atoms with Gasteiger partial charge in [0.05, 0.1) is 25.0 Å². The molecule has 9 nitrogen and oxygen atoms in total. The number of benzene rings is 3. The number of phenols is 1. The number of fused-ring (bicyclic) bond motifs is 5. The van der Waals surface area contributed by atoms with Gasteiger partial charge in [-0.25, -0.2) is 0 Å². The number of aromatic hydroxyl groups is 1. The van der Waals surface area contributed by atoms with Gasteiger partial charge in [-0.05, 0) is 59.7 Å². The van der Waals surface area contributed by atoms with Gasteiger partial charge >= 0.3 is 0 Å². The molecule has 1 aliphatic carbocycles. The van der Waals surface area contributed by atoms with Crippen LogP contribution in [0.25, 0.3) is 22.7 Å². The molecule has 4 aliphatic heterocycles. The lowest BCUT2D eigenvalue weighted by atomic mass is 9.83. The summed E-state index contributed by atoms with van der Waals surface area (Å²) in [4.78, 5) is 15.5. The van der Waals surface area contributed by atoms with Crippen molar-refractivity contribution in [3.63, 3.8) is 0 Å². The summed E-state index contributed by atoms with van der Waals surface area (Å²) in [6.45, 7) is 4.38. The summed E-state index contributed by atoms with van der Waals surface area (Å²) in [5, 5.41) is 28.2. The van der Waals surface area contributed by atoms with E-state index in [1.54, 1.807) is 6.07 Å². The van der Waals surface area contributed by atoms with Crippen molar-refractivity contribution in [1.82, 2.24) is 14.8 Å². The van der Waals surface area contributed by atoms with Crippen molar-refractivity contribution in [2.24, 2.45) is 11.7 Å². The van der Waals surface area contributed by atoms with Crippen LogP contribution >= 0.6 is 0 Å². The number of aliphatic hydroxyl groups is 1. The Balaban J connectivity index is 1.26. The molecule has 5 aliphatic rings. The van der Waals surface area contributed by atoms with Gasteiger partial charge in [0, 0.05) is 72.1 Å². The number of nitrogens with one attached hydrogen (secondary N) is 1. The van der Waals surface area contributed by atoms with E-state index >= 15 is 0 Å². The van der Waals surface area contributed by atoms with Crippen molar-refractivity contribution >= 4 is 28.6 Å². The lowest BCUT2D eigenvalue weighted by molar-refractivity contribution is -0.134. The van der Waals surface area contributed by atoms with Gasteiger partial charge in [-0.2, -0.15) is 0 Å². The molecule has 1 amide bonds. The third-order valence-electron chi connectivity index (χ3n) is 11.6. The van der Waals surface area contributed by atoms with Crippen molar-refractivity contribution in [1.29, 1.82) is 0 Å². The maximum atomic E-state index is 13.5. The largest absolute Gasteiger partial charge is 0.504 e. The van der Waals surface area contributed by atoms with Crippen LogP contribution in [-0.4, -0.2) is 63.7 Å². The minimum atomic E-state index is -0.590. The summed E-state index contributed by atoms with van der Waals surface area (Å²) < 4.78 is 15.4. The molecule has 0 saturated carbocycles. The Morgan fingerprint density at radius 2 is 1.85 bits per heavy atom. The number of aromatic nitrogens is 1. The zero-order valence-electron chi connectivity index (χ0n) is 31.1. The van der Waals surface area contributed by atoms with E-state index in [4.69, 9.17) is 15.2 Å². The summed E-state index contributed by atoms with van der Waals surface area (Å²) in [5.74, 6) is 1.26. The lowest BCUT2D eigenvalue weighted by Gasteiger charge is -2.32. The van der Waals surface area contributed by atoms with Gasteiger partial charge in [0.1, 0.15) is 12.4 Å². The fourth-order valence-electron chi connectivity index (χ4n) is 8.38. The smallest absolute Gasteiger partial charge is 0.223 e. The zero-order chi connectivity index (χ0) is 37.2. The van der Waals surface area contributed by atoms with Crippen molar-refractivity contribution in [2.75, 3.05) is 19.7 Å². The maximum Gasteiger partial charge on any atom is 0.223 e. The minimum absolute atomic E-state index is 0.0745. The Kier molecular flexibility index (Phi) is 10.6. The maximum absolute atomic E-state index is 13.5. The van der Waals surface area contributed by atoms with Crippen molar-refractivity contribution in [3.8, 4) is 11.5 Å². The Morgan fingerprint density at radius 1 is 1.00 bits per heavy atom. The zero-order valence-corrected chi connectivity index (χ0v) is 31.1. The number of hydrogen-bond donors (Lipinski definition) is 4. The molecule has 5 N–H and O–H groups in total. The number of nitrogens with zero attached hydrogens (tertiary/aromatic N) is 2. The van der Waals surface area contributed by atoms with E-state index in [0.29, 0.717) is 31.6 Å². The summed E-state index contributed by atoms with van der Waals surface area (Å²) in [5.41, 5.74) is 12.3. The van der Waals surface area contributed by atoms with Crippen LogP contribution in [-0.2, 0) is 22.6 Å². The van der Waals surface area contributed by atoms with E-state index in [2.05, 4.69) is 59.5 Å². The fraction of sp³-hybridized carbons (Fsp3) is 0.400. The van der Waals surface area contributed by atoms with Gasteiger partial charge < -0.3 is 40.2 Å². The number of unbranched alkanes of at least 4 members (excludes halogenated alkanes) is 2. The number of carbonyl (C=O) groups excluding carboxylic acids is 1. The van der Waals surface area contributed by atoms with Gasteiger partial charge in [-0.3, -0.25) is 4.79 Å². The Bertz CT molecular complexity index is 2080. The molecular formula is C45H52N4O5. The predicted octanol–water partition coefficient (Wildman–Crippen LogP) is 7.21. The molecule has 3 aromatic carbocycles. The monoisotopic (exact) mass is 728 g/mol. The second-order valence-corrected chi connectivity index (χ2v) is 15.4. The van der Waals surface area contributed by atoms with Crippen LogP contribution in [0.5, 0.6) is 11.5 Å². The van der Waals surface area contributed by atoms with Gasteiger partial charge in [0.25, 0.3) is 0 Å². The van der Waals surface area contributed by atoms with Gasteiger partial charge in [0.15, 0.2) is 11.5 Å². The van der Waals surface area contributed by atoms with Crippen LogP contribution < -0.4 is 15.8 Å². The second kappa shape index (κ2) is 15.9. The highest BCUT2D eigenvalue weighted by Gasteiger charge is 2.29. The fourth-order valence-corrected chi connectivity index (χ4v) is 8.38. The van der Waals surface area contributed by atoms with E-state index < -0.39 is 6.10 Å². The number of nitrogens with two attached hydrogens (primary N) is 1. The first-order chi connectivity index (χ1) is 26.3. The topological polar surface area (TPSA) is 122 Å². The number of dihydropyridines is 1. The normalized spacial score (nSPS) is 23.0. The van der Waals surface area contributed by atoms with Gasteiger partial charge in [-0.1, -0.05) is 86.9 Å². The molecule has 6 bridgehead atoms. The number of amides is 1. The number of aliphatic hydroxyl groups excluding tert-OH is 1. The average Bonchev–Trinajstić information content (AvgIpc) is 3.59. The Labute approximate surface area is 317 Å². The highest BCUT2D eigenvalue weighted by Crippen LogP contribution is 2.41. The Hall–Kier alpha value is -4.83. The highest BCUT2D eigenvalue weighted by molar-refractivity contribution is 5.88. The molecule has 1 fully saturated rings. The number of rotatable bonds is 8. The average molecular weight is 729 g/mol. The molecule has 0 radical (unpaired) electrons. The van der Waals surface area contributed by atoms with Crippen LogP contribution in [0.3, 0.4) is 0 Å². The van der Waals surface area contributed by atoms with E-state index in [-0.39, 0.29) is 42.4 Å².